The minimum absolute atomic E-state index is 0.178. The van der Waals surface area contributed by atoms with E-state index in [0.29, 0.717) is 15.8 Å². The summed E-state index contributed by atoms with van der Waals surface area (Å²) in [4.78, 5) is 17.2. The largest absolute Gasteiger partial charge is 0.480 e. The van der Waals surface area contributed by atoms with Gasteiger partial charge in [0.25, 0.3) is 5.91 Å². The number of nitrogens with zero attached hydrogens (tertiary/aromatic N) is 1. The molecule has 1 amide bonds. The molecule has 124 valence electrons. The zero-order valence-corrected chi connectivity index (χ0v) is 14.5. The van der Waals surface area contributed by atoms with Crippen LogP contribution in [0.15, 0.2) is 58.4 Å². The number of ether oxygens (including phenoxy) is 1. The average molecular weight is 348 g/mol. The molecule has 0 unspecified atom stereocenters. The van der Waals surface area contributed by atoms with Gasteiger partial charge < -0.3 is 10.1 Å². The smallest absolute Gasteiger partial charge is 0.264 e. The Labute approximate surface area is 151 Å². The zero-order chi connectivity index (χ0) is 17.6. The predicted octanol–water partition coefficient (Wildman–Crippen LogP) is 3.90. The highest BCUT2D eigenvalue weighted by Crippen LogP contribution is 2.30. The first kappa shape index (κ1) is 16.9. The minimum Gasteiger partial charge on any atom is -0.480 e. The highest BCUT2D eigenvalue weighted by molar-refractivity contribution is 8.18. The van der Waals surface area contributed by atoms with Crippen molar-refractivity contribution in [1.82, 2.24) is 5.32 Å². The number of carbonyl (C=O) groups excluding carboxylic acids is 1. The van der Waals surface area contributed by atoms with Gasteiger partial charge in [-0.2, -0.15) is 0 Å². The van der Waals surface area contributed by atoms with E-state index in [9.17, 15) is 4.79 Å². The minimum atomic E-state index is -0.178. The Morgan fingerprint density at radius 3 is 2.76 bits per heavy atom. The molecule has 0 aliphatic carbocycles. The fraction of sp³-hybridized carbons (Fsp3) is 0.100. The second-order valence-electron chi connectivity index (χ2n) is 5.35. The number of nitrogens with one attached hydrogen (secondary N) is 1. The van der Waals surface area contributed by atoms with Gasteiger partial charge in [0.2, 0.25) is 0 Å². The van der Waals surface area contributed by atoms with Crippen LogP contribution < -0.4 is 10.1 Å². The molecule has 2 aromatic rings. The fourth-order valence-electron chi connectivity index (χ4n) is 2.21. The summed E-state index contributed by atoms with van der Waals surface area (Å²) in [7, 11) is 0. The number of amides is 1. The molecule has 1 aliphatic rings. The molecule has 0 atom stereocenters. The van der Waals surface area contributed by atoms with Crippen molar-refractivity contribution in [3.8, 4) is 18.1 Å². The van der Waals surface area contributed by atoms with Crippen LogP contribution in [0.1, 0.15) is 11.1 Å². The Morgan fingerprint density at radius 2 is 2.00 bits per heavy atom. The average Bonchev–Trinajstić information content (AvgIpc) is 2.95. The van der Waals surface area contributed by atoms with E-state index in [1.165, 1.54) is 11.8 Å². The monoisotopic (exact) mass is 348 g/mol. The van der Waals surface area contributed by atoms with E-state index in [0.717, 1.165) is 16.8 Å². The standard InChI is InChI=1S/C20H16N2O2S/c1-3-12-24-17-7-5-4-6-15(17)13-18-19(23)22-20(25-18)21-16-10-8-14(2)9-11-16/h1,4-11,13H,12H2,2H3,(H,21,22,23)/b18-13-. The third-order valence-corrected chi connectivity index (χ3v) is 4.34. The van der Waals surface area contributed by atoms with Gasteiger partial charge in [0.15, 0.2) is 5.17 Å². The molecular weight excluding hydrogens is 332 g/mol. The van der Waals surface area contributed by atoms with Crippen LogP contribution in [0.3, 0.4) is 0 Å². The van der Waals surface area contributed by atoms with Gasteiger partial charge >= 0.3 is 0 Å². The topological polar surface area (TPSA) is 50.7 Å². The van der Waals surface area contributed by atoms with E-state index in [1.807, 2.05) is 55.5 Å². The summed E-state index contributed by atoms with van der Waals surface area (Å²) in [6.45, 7) is 2.20. The quantitative estimate of drug-likeness (QED) is 0.673. The van der Waals surface area contributed by atoms with Crippen molar-refractivity contribution in [2.24, 2.45) is 4.99 Å². The number of rotatable bonds is 4. The predicted molar refractivity (Wildman–Crippen MR) is 103 cm³/mol. The number of aryl methyl sites for hydroxylation is 1. The molecule has 4 nitrogen and oxygen atoms in total. The first-order chi connectivity index (χ1) is 12.2. The zero-order valence-electron chi connectivity index (χ0n) is 13.7. The molecule has 1 fully saturated rings. The van der Waals surface area contributed by atoms with E-state index < -0.39 is 0 Å². The number of terminal acetylenes is 1. The summed E-state index contributed by atoms with van der Waals surface area (Å²) in [6.07, 6.45) is 7.02. The van der Waals surface area contributed by atoms with Crippen LogP contribution in [0.2, 0.25) is 0 Å². The number of amidine groups is 1. The lowest BCUT2D eigenvalue weighted by Gasteiger charge is -2.06. The Morgan fingerprint density at radius 1 is 1.24 bits per heavy atom. The SMILES string of the molecule is C#CCOc1ccccc1/C=C1\SC(=Nc2ccc(C)cc2)NC1=O. The Kier molecular flexibility index (Phi) is 5.22. The van der Waals surface area contributed by atoms with Crippen molar-refractivity contribution in [2.75, 3.05) is 6.61 Å². The van der Waals surface area contributed by atoms with Gasteiger partial charge in [-0.25, -0.2) is 4.99 Å². The Hall–Kier alpha value is -2.97. The van der Waals surface area contributed by atoms with E-state index in [4.69, 9.17) is 11.2 Å². The van der Waals surface area contributed by atoms with Crippen LogP contribution in [0, 0.1) is 19.3 Å². The van der Waals surface area contributed by atoms with Gasteiger partial charge in [-0.15, -0.1) is 6.42 Å². The summed E-state index contributed by atoms with van der Waals surface area (Å²) in [5.41, 5.74) is 2.76. The first-order valence-electron chi connectivity index (χ1n) is 7.67. The lowest BCUT2D eigenvalue weighted by Crippen LogP contribution is -2.19. The van der Waals surface area contributed by atoms with Crippen LogP contribution in [0.4, 0.5) is 5.69 Å². The van der Waals surface area contributed by atoms with Gasteiger partial charge in [-0.05, 0) is 43.0 Å². The van der Waals surface area contributed by atoms with Gasteiger partial charge in [0.05, 0.1) is 10.6 Å². The fourth-order valence-corrected chi connectivity index (χ4v) is 3.04. The van der Waals surface area contributed by atoms with Crippen molar-refractivity contribution >= 4 is 34.6 Å². The lowest BCUT2D eigenvalue weighted by molar-refractivity contribution is -0.115. The summed E-state index contributed by atoms with van der Waals surface area (Å²) in [5.74, 6) is 2.90. The van der Waals surface area contributed by atoms with E-state index in [-0.39, 0.29) is 12.5 Å². The van der Waals surface area contributed by atoms with Crippen LogP contribution in [-0.2, 0) is 4.79 Å². The molecule has 1 saturated heterocycles. The van der Waals surface area contributed by atoms with Crippen LogP contribution in [0.5, 0.6) is 5.75 Å². The Bertz CT molecular complexity index is 893. The highest BCUT2D eigenvalue weighted by Gasteiger charge is 2.24. The molecule has 1 N–H and O–H groups in total. The lowest BCUT2D eigenvalue weighted by atomic mass is 10.2. The molecule has 25 heavy (non-hydrogen) atoms. The summed E-state index contributed by atoms with van der Waals surface area (Å²) < 4.78 is 5.51. The van der Waals surface area contributed by atoms with Crippen molar-refractivity contribution in [2.45, 2.75) is 6.92 Å². The van der Waals surface area contributed by atoms with Gasteiger partial charge in [-0.3, -0.25) is 4.79 Å². The van der Waals surface area contributed by atoms with E-state index >= 15 is 0 Å². The number of thioether (sulfide) groups is 1. The molecule has 0 bridgehead atoms. The van der Waals surface area contributed by atoms with E-state index in [1.54, 1.807) is 6.08 Å². The number of hydrogen-bond donors (Lipinski definition) is 1. The van der Waals surface area contributed by atoms with Gasteiger partial charge in [0.1, 0.15) is 12.4 Å². The van der Waals surface area contributed by atoms with Crippen molar-refractivity contribution in [3.63, 3.8) is 0 Å². The second-order valence-corrected chi connectivity index (χ2v) is 6.38. The maximum Gasteiger partial charge on any atom is 0.264 e. The summed E-state index contributed by atoms with van der Waals surface area (Å²) in [5, 5.41) is 3.34. The normalized spacial score (nSPS) is 16.7. The molecule has 0 aromatic heterocycles. The van der Waals surface area contributed by atoms with Crippen molar-refractivity contribution < 1.29 is 9.53 Å². The first-order valence-corrected chi connectivity index (χ1v) is 8.49. The third-order valence-electron chi connectivity index (χ3n) is 3.43. The molecule has 5 heteroatoms. The van der Waals surface area contributed by atoms with Crippen LogP contribution in [0.25, 0.3) is 6.08 Å². The van der Waals surface area contributed by atoms with Crippen molar-refractivity contribution in [3.05, 3.63) is 64.6 Å². The van der Waals surface area contributed by atoms with Gasteiger partial charge in [-0.1, -0.05) is 41.8 Å². The van der Waals surface area contributed by atoms with E-state index in [2.05, 4.69) is 16.2 Å². The molecule has 0 spiro atoms. The summed E-state index contributed by atoms with van der Waals surface area (Å²) in [6, 6.07) is 15.2. The van der Waals surface area contributed by atoms with Crippen LogP contribution >= 0.6 is 11.8 Å². The number of aliphatic imine (C=N–C) groups is 1. The number of hydrogen-bond acceptors (Lipinski definition) is 4. The summed E-state index contributed by atoms with van der Waals surface area (Å²) >= 11 is 1.30. The van der Waals surface area contributed by atoms with Gasteiger partial charge in [0, 0.05) is 5.56 Å². The molecule has 1 aliphatic heterocycles. The molecule has 2 aromatic carbocycles. The molecule has 3 rings (SSSR count). The number of carbonyl (C=O) groups is 1. The maximum atomic E-state index is 12.2. The second kappa shape index (κ2) is 7.73. The van der Waals surface area contributed by atoms with Crippen LogP contribution in [-0.4, -0.2) is 17.7 Å². The molecule has 0 radical (unpaired) electrons. The highest BCUT2D eigenvalue weighted by atomic mass is 32.2. The van der Waals surface area contributed by atoms with Crippen molar-refractivity contribution in [1.29, 1.82) is 0 Å². The maximum absolute atomic E-state index is 12.2. The number of para-hydroxylation sites is 1. The third kappa shape index (κ3) is 4.31. The molecular formula is C20H16N2O2S. The Balaban J connectivity index is 1.82. The number of benzene rings is 2. The molecule has 1 heterocycles. The molecule has 0 saturated carbocycles.